The van der Waals surface area contributed by atoms with Crippen LogP contribution in [-0.2, 0) is 9.53 Å². The third-order valence-electron chi connectivity index (χ3n) is 11.1. The van der Waals surface area contributed by atoms with Gasteiger partial charge in [0.1, 0.15) is 36.6 Å². The first kappa shape index (κ1) is 37.0. The molecule has 0 aromatic heterocycles. The van der Waals surface area contributed by atoms with Gasteiger partial charge in [-0.3, -0.25) is 20.3 Å². The zero-order chi connectivity index (χ0) is 32.3. The summed E-state index contributed by atoms with van der Waals surface area (Å²) in [5.74, 6) is 1.93. The van der Waals surface area contributed by atoms with Gasteiger partial charge in [-0.2, -0.15) is 0 Å². The van der Waals surface area contributed by atoms with Gasteiger partial charge in [0.25, 0.3) is 0 Å². The fraction of sp³-hybridized carbons (Fsp3) is 0.970. The second-order valence-electron chi connectivity index (χ2n) is 14.5. The van der Waals surface area contributed by atoms with Crippen LogP contribution < -0.4 is 16.0 Å². The molecule has 11 nitrogen and oxygen atoms in total. The lowest BCUT2D eigenvalue weighted by Crippen LogP contribution is -2.62. The third kappa shape index (κ3) is 11.1. The quantitative estimate of drug-likeness (QED) is 0.0972. The number of carbonyl (C=O) groups excluding carboxylic acids is 1. The van der Waals surface area contributed by atoms with Crippen molar-refractivity contribution < 1.29 is 39.5 Å². The van der Waals surface area contributed by atoms with Gasteiger partial charge >= 0.3 is 0 Å². The second kappa shape index (κ2) is 18.7. The van der Waals surface area contributed by atoms with Crippen LogP contribution in [0.4, 0.5) is 4.39 Å². The Bertz CT molecular complexity index is 855. The molecule has 0 aromatic rings. The minimum Gasteiger partial charge on any atom is -0.394 e. The van der Waals surface area contributed by atoms with Crippen LogP contribution in [0, 0.1) is 35.5 Å². The minimum absolute atomic E-state index is 0.00318. The predicted molar refractivity (Wildman–Crippen MR) is 169 cm³/mol. The lowest BCUT2D eigenvalue weighted by molar-refractivity contribution is -0.128. The molecule has 0 aromatic carbocycles. The summed E-state index contributed by atoms with van der Waals surface area (Å²) in [7, 11) is 0. The first-order chi connectivity index (χ1) is 21.7. The predicted octanol–water partition coefficient (Wildman–Crippen LogP) is 0.373. The molecule has 3 unspecified atom stereocenters. The van der Waals surface area contributed by atoms with Gasteiger partial charge < -0.3 is 35.6 Å². The van der Waals surface area contributed by atoms with Crippen molar-refractivity contribution in [3.8, 4) is 0 Å². The van der Waals surface area contributed by atoms with Gasteiger partial charge in [-0.05, 0) is 81.6 Å². The number of Topliss-reactive ketones (excluding diaryl/α,β-unsaturated/α-hetero) is 1. The van der Waals surface area contributed by atoms with Crippen LogP contribution in [0.15, 0.2) is 0 Å². The number of halogens is 1. The fourth-order valence-electron chi connectivity index (χ4n) is 7.60. The molecule has 45 heavy (non-hydrogen) atoms. The SMILES string of the molecule is CCC1CNC(N2CCC(CCOCC3CCC(CC(=O)C4CC(CNC[C@H](O)[C@@H](O)[C@H](O)[C@H](O)CO)C4)CC3F)CC2)NC1. The van der Waals surface area contributed by atoms with Crippen LogP contribution in [0.5, 0.6) is 0 Å². The van der Waals surface area contributed by atoms with Crippen LogP contribution in [0.1, 0.15) is 71.1 Å². The fourth-order valence-corrected chi connectivity index (χ4v) is 7.60. The second-order valence-corrected chi connectivity index (χ2v) is 14.5. The van der Waals surface area contributed by atoms with Crippen LogP contribution >= 0.6 is 0 Å². The number of piperidine rings is 1. The zero-order valence-electron chi connectivity index (χ0n) is 27.2. The number of ketones is 1. The summed E-state index contributed by atoms with van der Waals surface area (Å²) in [6.45, 7) is 7.66. The highest BCUT2D eigenvalue weighted by Gasteiger charge is 2.38. The Balaban J connectivity index is 1.01. The van der Waals surface area contributed by atoms with E-state index in [1.54, 1.807) is 0 Å². The van der Waals surface area contributed by atoms with E-state index in [4.69, 9.17) is 9.84 Å². The molecule has 7 atom stereocenters. The van der Waals surface area contributed by atoms with E-state index in [2.05, 4.69) is 27.8 Å². The molecule has 8 N–H and O–H groups in total. The van der Waals surface area contributed by atoms with Crippen LogP contribution in [0.3, 0.4) is 0 Å². The van der Waals surface area contributed by atoms with E-state index < -0.39 is 37.2 Å². The van der Waals surface area contributed by atoms with E-state index >= 15 is 4.39 Å². The molecule has 2 aliphatic heterocycles. The molecule has 2 aliphatic carbocycles. The molecular formula is C33H61FN4O7. The maximum Gasteiger partial charge on any atom is 0.136 e. The highest BCUT2D eigenvalue weighted by Crippen LogP contribution is 2.39. The number of hydrogen-bond donors (Lipinski definition) is 8. The van der Waals surface area contributed by atoms with Crippen LogP contribution in [0.2, 0.25) is 0 Å². The zero-order valence-corrected chi connectivity index (χ0v) is 27.2. The van der Waals surface area contributed by atoms with Gasteiger partial charge in [-0.15, -0.1) is 0 Å². The van der Waals surface area contributed by atoms with Gasteiger partial charge in [0, 0.05) is 57.6 Å². The molecule has 0 amide bonds. The van der Waals surface area contributed by atoms with E-state index in [1.165, 1.54) is 19.3 Å². The Morgan fingerprint density at radius 1 is 0.933 bits per heavy atom. The maximum atomic E-state index is 15.0. The molecule has 2 saturated carbocycles. The van der Waals surface area contributed by atoms with Crippen LogP contribution in [0.25, 0.3) is 0 Å². The number of hydrogen-bond acceptors (Lipinski definition) is 11. The Hall–Kier alpha value is -0.800. The van der Waals surface area contributed by atoms with Crippen molar-refractivity contribution in [3.63, 3.8) is 0 Å². The lowest BCUT2D eigenvalue weighted by Gasteiger charge is -2.41. The summed E-state index contributed by atoms with van der Waals surface area (Å²) >= 11 is 0. The smallest absolute Gasteiger partial charge is 0.136 e. The molecule has 0 spiro atoms. The van der Waals surface area contributed by atoms with E-state index in [0.717, 1.165) is 64.2 Å². The molecule has 4 aliphatic rings. The number of carbonyl (C=O) groups is 1. The lowest BCUT2D eigenvalue weighted by atomic mass is 9.69. The number of rotatable bonds is 18. The molecule has 2 heterocycles. The summed E-state index contributed by atoms with van der Waals surface area (Å²) in [6, 6.07) is 0. The van der Waals surface area contributed by atoms with Crippen LogP contribution in [-0.4, -0.2) is 132 Å². The average molecular weight is 645 g/mol. The number of aliphatic hydroxyl groups is 5. The summed E-state index contributed by atoms with van der Waals surface area (Å²) in [4.78, 5) is 15.4. The molecule has 262 valence electrons. The number of ether oxygens (including phenoxy) is 1. The average Bonchev–Trinajstić information content (AvgIpc) is 3.04. The first-order valence-corrected chi connectivity index (χ1v) is 17.7. The first-order valence-electron chi connectivity index (χ1n) is 17.7. The van der Waals surface area contributed by atoms with E-state index in [9.17, 15) is 25.2 Å². The number of likely N-dealkylation sites (tertiary alicyclic amines) is 1. The van der Waals surface area contributed by atoms with E-state index in [1.807, 2.05) is 0 Å². The standard InChI is InChI=1S/C33H61FN4O7/c1-2-21-16-36-33(37-17-21)38-8-5-22(6-9-38)7-10-45-20-25-4-3-23(13-27(25)34)14-28(40)26-11-24(12-26)15-35-18-29(41)31(43)32(44)30(42)19-39/h21-27,29-33,35-37,39,41-44H,2-20H2,1H3/t21?,23?,24?,25?,26?,27?,29-,30+,31+,32+,33?/m0/s1. The molecular weight excluding hydrogens is 583 g/mol. The summed E-state index contributed by atoms with van der Waals surface area (Å²) in [6.07, 6.45) is 1.98. The monoisotopic (exact) mass is 644 g/mol. The number of aliphatic hydroxyl groups excluding tert-OH is 5. The van der Waals surface area contributed by atoms with Gasteiger partial charge in [-0.25, -0.2) is 4.39 Å². The highest BCUT2D eigenvalue weighted by atomic mass is 19.1. The Kier molecular flexibility index (Phi) is 15.4. The minimum atomic E-state index is -1.64. The molecule has 2 saturated heterocycles. The summed E-state index contributed by atoms with van der Waals surface area (Å²) in [5, 5.41) is 58.2. The van der Waals surface area contributed by atoms with Gasteiger partial charge in [-0.1, -0.05) is 13.3 Å². The third-order valence-corrected chi connectivity index (χ3v) is 11.1. The molecule has 0 bridgehead atoms. The highest BCUT2D eigenvalue weighted by molar-refractivity contribution is 5.82. The van der Waals surface area contributed by atoms with Crippen molar-refractivity contribution in [2.75, 3.05) is 59.1 Å². The largest absolute Gasteiger partial charge is 0.394 e. The normalized spacial score (nSPS) is 34.5. The Labute approximate surface area is 268 Å². The van der Waals surface area contributed by atoms with Gasteiger partial charge in [0.05, 0.1) is 19.3 Å². The maximum absolute atomic E-state index is 15.0. The van der Waals surface area contributed by atoms with Crippen molar-refractivity contribution in [1.82, 2.24) is 20.9 Å². The Morgan fingerprint density at radius 2 is 1.62 bits per heavy atom. The Morgan fingerprint density at radius 3 is 2.27 bits per heavy atom. The summed E-state index contributed by atoms with van der Waals surface area (Å²) in [5.41, 5.74) is 0. The van der Waals surface area contributed by atoms with E-state index in [0.29, 0.717) is 44.8 Å². The molecule has 12 heteroatoms. The molecule has 4 fully saturated rings. The van der Waals surface area contributed by atoms with Gasteiger partial charge in [0.15, 0.2) is 0 Å². The molecule has 0 radical (unpaired) electrons. The number of alkyl halides is 1. The van der Waals surface area contributed by atoms with E-state index in [-0.39, 0.29) is 36.0 Å². The topological polar surface area (TPSA) is 167 Å². The van der Waals surface area contributed by atoms with Crippen molar-refractivity contribution >= 4 is 5.78 Å². The number of nitrogens with zero attached hydrogens (tertiary/aromatic N) is 1. The molecule has 4 rings (SSSR count). The van der Waals surface area contributed by atoms with Crippen molar-refractivity contribution in [1.29, 1.82) is 0 Å². The van der Waals surface area contributed by atoms with Gasteiger partial charge in [0.2, 0.25) is 0 Å². The van der Waals surface area contributed by atoms with Crippen molar-refractivity contribution in [3.05, 3.63) is 0 Å². The summed E-state index contributed by atoms with van der Waals surface area (Å²) < 4.78 is 21.0. The van der Waals surface area contributed by atoms with Crippen molar-refractivity contribution in [2.24, 2.45) is 35.5 Å². The van der Waals surface area contributed by atoms with Crippen molar-refractivity contribution in [2.45, 2.75) is 108 Å². The number of nitrogens with one attached hydrogen (secondary N) is 3.